The van der Waals surface area contributed by atoms with Gasteiger partial charge in [0.15, 0.2) is 0 Å². The van der Waals surface area contributed by atoms with Crippen molar-refractivity contribution >= 4 is 26.9 Å². The molecule has 0 atom stereocenters. The number of nitriles is 1. The lowest BCUT2D eigenvalue weighted by atomic mass is 10.1. The minimum atomic E-state index is -0.368. The van der Waals surface area contributed by atoms with Gasteiger partial charge in [-0.2, -0.15) is 5.26 Å². The molecule has 0 radical (unpaired) electrons. The minimum absolute atomic E-state index is 0.329. The van der Waals surface area contributed by atoms with E-state index in [1.807, 2.05) is 6.07 Å². The molecular formula is C12H7BrFNO. The van der Waals surface area contributed by atoms with Crippen LogP contribution in [0.4, 0.5) is 4.39 Å². The maximum absolute atomic E-state index is 13.3. The average Bonchev–Trinajstić information content (AvgIpc) is 3.03. The van der Waals surface area contributed by atoms with Gasteiger partial charge in [0.25, 0.3) is 0 Å². The Bertz CT molecular complexity index is 622. The maximum atomic E-state index is 13.3. The van der Waals surface area contributed by atoms with Crippen molar-refractivity contribution in [1.82, 2.24) is 0 Å². The molecule has 0 unspecified atom stereocenters. The summed E-state index contributed by atoms with van der Waals surface area (Å²) >= 11 is 3.15. The van der Waals surface area contributed by atoms with Gasteiger partial charge >= 0.3 is 0 Å². The minimum Gasteiger partial charge on any atom is -0.445 e. The first kappa shape index (κ1) is 9.86. The Balaban J connectivity index is 2.36. The number of benzene rings is 1. The summed E-state index contributed by atoms with van der Waals surface area (Å²) in [5.41, 5.74) is 1.40. The van der Waals surface area contributed by atoms with Gasteiger partial charge in [0, 0.05) is 17.0 Å². The zero-order chi connectivity index (χ0) is 11.3. The van der Waals surface area contributed by atoms with E-state index >= 15 is 0 Å². The molecule has 0 aliphatic heterocycles. The van der Waals surface area contributed by atoms with Crippen molar-refractivity contribution in [2.45, 2.75) is 18.8 Å². The summed E-state index contributed by atoms with van der Waals surface area (Å²) in [5.74, 6) is 0.372. The molecule has 2 nitrogen and oxygen atoms in total. The van der Waals surface area contributed by atoms with Crippen LogP contribution in [0.5, 0.6) is 0 Å². The van der Waals surface area contributed by atoms with Crippen LogP contribution in [0.2, 0.25) is 0 Å². The molecule has 4 heteroatoms. The number of furan rings is 1. The maximum Gasteiger partial charge on any atom is 0.208 e. The second-order valence-corrected chi connectivity index (χ2v) is 4.85. The first-order valence-corrected chi connectivity index (χ1v) is 5.81. The van der Waals surface area contributed by atoms with Crippen LogP contribution in [-0.4, -0.2) is 0 Å². The molecule has 0 bridgehead atoms. The second kappa shape index (κ2) is 3.33. The van der Waals surface area contributed by atoms with E-state index in [1.165, 1.54) is 6.07 Å². The summed E-state index contributed by atoms with van der Waals surface area (Å²) in [7, 11) is 0. The molecule has 1 fully saturated rings. The van der Waals surface area contributed by atoms with Crippen molar-refractivity contribution in [3.63, 3.8) is 0 Å². The monoisotopic (exact) mass is 279 g/mol. The number of fused-ring (bicyclic) bond motifs is 1. The van der Waals surface area contributed by atoms with Crippen LogP contribution in [0.15, 0.2) is 21.0 Å². The largest absolute Gasteiger partial charge is 0.445 e. The van der Waals surface area contributed by atoms with Gasteiger partial charge in [-0.25, -0.2) is 4.39 Å². The molecule has 0 amide bonds. The number of rotatable bonds is 1. The molecule has 1 aromatic carbocycles. The van der Waals surface area contributed by atoms with Gasteiger partial charge in [0.1, 0.15) is 17.5 Å². The third-order valence-corrected chi connectivity index (χ3v) is 3.46. The lowest BCUT2D eigenvalue weighted by molar-refractivity contribution is 0.582. The first-order chi connectivity index (χ1) is 7.70. The Morgan fingerprint density at radius 2 is 2.19 bits per heavy atom. The summed E-state index contributed by atoms with van der Waals surface area (Å²) in [6.07, 6.45) is 2.16. The summed E-state index contributed by atoms with van der Waals surface area (Å²) in [6, 6.07) is 5.06. The van der Waals surface area contributed by atoms with Crippen LogP contribution in [0.3, 0.4) is 0 Å². The Hall–Kier alpha value is -1.34. The van der Waals surface area contributed by atoms with Gasteiger partial charge in [-0.15, -0.1) is 0 Å². The lowest BCUT2D eigenvalue weighted by Gasteiger charge is -1.96. The van der Waals surface area contributed by atoms with E-state index in [2.05, 4.69) is 15.9 Å². The molecule has 0 spiro atoms. The fourth-order valence-electron chi connectivity index (χ4n) is 1.97. The molecule has 0 N–H and O–H groups in total. The highest BCUT2D eigenvalue weighted by Crippen LogP contribution is 2.46. The van der Waals surface area contributed by atoms with Gasteiger partial charge in [0.2, 0.25) is 5.76 Å². The Morgan fingerprint density at radius 3 is 2.81 bits per heavy atom. The number of halogens is 2. The number of hydrogen-bond donors (Lipinski definition) is 0. The third-order valence-electron chi connectivity index (χ3n) is 2.86. The fraction of sp³-hybridized carbons (Fsp3) is 0.250. The van der Waals surface area contributed by atoms with Gasteiger partial charge < -0.3 is 4.42 Å². The van der Waals surface area contributed by atoms with Crippen molar-refractivity contribution in [2.75, 3.05) is 0 Å². The Labute approximate surface area is 99.8 Å². The summed E-state index contributed by atoms with van der Waals surface area (Å²) < 4.78 is 19.1. The highest BCUT2D eigenvalue weighted by atomic mass is 79.9. The van der Waals surface area contributed by atoms with Crippen LogP contribution < -0.4 is 0 Å². The van der Waals surface area contributed by atoms with Crippen LogP contribution >= 0.6 is 15.9 Å². The molecular weight excluding hydrogens is 273 g/mol. The van der Waals surface area contributed by atoms with Crippen LogP contribution in [0.25, 0.3) is 11.0 Å². The van der Waals surface area contributed by atoms with E-state index in [9.17, 15) is 4.39 Å². The Morgan fingerprint density at radius 1 is 1.44 bits per heavy atom. The van der Waals surface area contributed by atoms with Crippen LogP contribution in [0.1, 0.15) is 30.1 Å². The lowest BCUT2D eigenvalue weighted by Crippen LogP contribution is -1.82. The van der Waals surface area contributed by atoms with E-state index < -0.39 is 0 Å². The van der Waals surface area contributed by atoms with Crippen molar-refractivity contribution in [2.24, 2.45) is 0 Å². The molecule has 1 aliphatic carbocycles. The first-order valence-electron chi connectivity index (χ1n) is 5.02. The highest BCUT2D eigenvalue weighted by Gasteiger charge is 2.31. The van der Waals surface area contributed by atoms with Crippen LogP contribution in [0, 0.1) is 17.1 Å². The van der Waals surface area contributed by atoms with E-state index in [-0.39, 0.29) is 5.82 Å². The van der Waals surface area contributed by atoms with Gasteiger partial charge in [-0.05, 0) is 40.8 Å². The quantitative estimate of drug-likeness (QED) is 0.789. The number of hydrogen-bond acceptors (Lipinski definition) is 2. The molecule has 80 valence electrons. The molecule has 1 saturated carbocycles. The molecule has 3 rings (SSSR count). The second-order valence-electron chi connectivity index (χ2n) is 3.99. The highest BCUT2D eigenvalue weighted by molar-refractivity contribution is 9.10. The van der Waals surface area contributed by atoms with E-state index in [1.54, 1.807) is 6.07 Å². The average molecular weight is 280 g/mol. The summed E-state index contributed by atoms with van der Waals surface area (Å²) in [6.45, 7) is 0. The standard InChI is InChI=1S/C12H7BrFNO/c13-8-3-7-10(4-9(8)14)16-11(5-15)12(7)6-1-2-6/h3-4,6H,1-2H2. The van der Waals surface area contributed by atoms with E-state index in [4.69, 9.17) is 9.68 Å². The van der Waals surface area contributed by atoms with Gasteiger partial charge in [-0.3, -0.25) is 0 Å². The molecule has 1 heterocycles. The van der Waals surface area contributed by atoms with Crippen molar-refractivity contribution in [3.8, 4) is 6.07 Å². The zero-order valence-corrected chi connectivity index (χ0v) is 9.84. The third kappa shape index (κ3) is 1.35. The zero-order valence-electron chi connectivity index (χ0n) is 8.26. The fourth-order valence-corrected chi connectivity index (χ4v) is 2.31. The summed E-state index contributed by atoms with van der Waals surface area (Å²) in [5, 5.41) is 9.84. The molecule has 1 aromatic heterocycles. The number of nitrogens with zero attached hydrogens (tertiary/aromatic N) is 1. The molecule has 1 aliphatic rings. The van der Waals surface area contributed by atoms with Crippen molar-refractivity contribution in [1.29, 1.82) is 5.26 Å². The normalized spacial score (nSPS) is 15.3. The van der Waals surface area contributed by atoms with Gasteiger partial charge in [0.05, 0.1) is 4.47 Å². The molecule has 2 aromatic rings. The smallest absolute Gasteiger partial charge is 0.208 e. The molecule has 0 saturated heterocycles. The molecule has 16 heavy (non-hydrogen) atoms. The summed E-state index contributed by atoms with van der Waals surface area (Å²) in [4.78, 5) is 0. The Kier molecular flexibility index (Phi) is 2.05. The van der Waals surface area contributed by atoms with E-state index in [0.29, 0.717) is 21.7 Å². The predicted molar refractivity (Wildman–Crippen MR) is 60.6 cm³/mol. The van der Waals surface area contributed by atoms with Crippen molar-refractivity contribution < 1.29 is 8.81 Å². The SMILES string of the molecule is N#Cc1oc2cc(F)c(Br)cc2c1C1CC1. The predicted octanol–water partition coefficient (Wildman–Crippen LogP) is 4.08. The topological polar surface area (TPSA) is 36.9 Å². The van der Waals surface area contributed by atoms with Crippen LogP contribution in [-0.2, 0) is 0 Å². The van der Waals surface area contributed by atoms with Crippen molar-refractivity contribution in [3.05, 3.63) is 33.7 Å². The van der Waals surface area contributed by atoms with E-state index in [0.717, 1.165) is 23.8 Å². The van der Waals surface area contributed by atoms with Gasteiger partial charge in [-0.1, -0.05) is 0 Å².